The maximum atomic E-state index is 11.7. The number of anilines is 1. The van der Waals surface area contributed by atoms with E-state index in [0.29, 0.717) is 5.69 Å². The summed E-state index contributed by atoms with van der Waals surface area (Å²) in [7, 11) is 1.49. The van der Waals surface area contributed by atoms with Crippen LogP contribution in [0, 0.1) is 0 Å². The van der Waals surface area contributed by atoms with Crippen LogP contribution in [0.3, 0.4) is 0 Å². The van der Waals surface area contributed by atoms with Gasteiger partial charge in [-0.25, -0.2) is 0 Å². The number of amides is 1. The molecule has 120 valence electrons. The monoisotopic (exact) mass is 320 g/mol. The summed E-state index contributed by atoms with van der Waals surface area (Å²) in [6.07, 6.45) is 0. The molecule has 0 aliphatic carbocycles. The first-order chi connectivity index (χ1) is 11.7. The van der Waals surface area contributed by atoms with Crippen molar-refractivity contribution in [2.45, 2.75) is 0 Å². The van der Waals surface area contributed by atoms with Crippen molar-refractivity contribution in [2.75, 3.05) is 19.0 Å². The van der Waals surface area contributed by atoms with Gasteiger partial charge < -0.3 is 15.0 Å². The summed E-state index contributed by atoms with van der Waals surface area (Å²) in [6.45, 7) is 0.0261. The highest BCUT2D eigenvalue weighted by molar-refractivity contribution is 5.99. The molecule has 0 aliphatic heterocycles. The molecule has 24 heavy (non-hydrogen) atoms. The molecule has 0 fully saturated rings. The molecule has 2 aromatic carbocycles. The molecule has 4 rings (SSSR count). The van der Waals surface area contributed by atoms with Crippen LogP contribution in [0.4, 0.5) is 5.69 Å². The van der Waals surface area contributed by atoms with Crippen LogP contribution in [0.2, 0.25) is 0 Å². The smallest absolute Gasteiger partial charge is 0.250 e. The normalized spacial score (nSPS) is 11.2. The van der Waals surface area contributed by atoms with E-state index in [1.165, 1.54) is 7.11 Å². The fourth-order valence-corrected chi connectivity index (χ4v) is 2.83. The van der Waals surface area contributed by atoms with Crippen LogP contribution in [0.15, 0.2) is 48.5 Å². The number of H-pyrrole nitrogens is 2. The minimum Gasteiger partial charge on any atom is -0.375 e. The Hall–Kier alpha value is -3.12. The van der Waals surface area contributed by atoms with Crippen LogP contribution in [-0.2, 0) is 9.53 Å². The summed E-state index contributed by atoms with van der Waals surface area (Å²) in [4.78, 5) is 15.1. The Kier molecular flexibility index (Phi) is 3.51. The number of hydrogen-bond donors (Lipinski definition) is 3. The molecule has 0 saturated carbocycles. The third kappa shape index (κ3) is 2.53. The van der Waals surface area contributed by atoms with Crippen molar-refractivity contribution in [1.29, 1.82) is 0 Å². The molecule has 3 N–H and O–H groups in total. The zero-order valence-corrected chi connectivity index (χ0v) is 13.1. The quantitative estimate of drug-likeness (QED) is 0.539. The number of aromatic amines is 2. The molecule has 6 heteroatoms. The van der Waals surface area contributed by atoms with Gasteiger partial charge in [0.2, 0.25) is 5.91 Å². The first-order valence-electron chi connectivity index (χ1n) is 7.59. The highest BCUT2D eigenvalue weighted by Gasteiger charge is 2.12. The van der Waals surface area contributed by atoms with Crippen molar-refractivity contribution in [1.82, 2.24) is 15.2 Å². The second kappa shape index (κ2) is 5.82. The first-order valence-corrected chi connectivity index (χ1v) is 7.59. The van der Waals surface area contributed by atoms with Crippen molar-refractivity contribution >= 4 is 33.4 Å². The largest absolute Gasteiger partial charge is 0.375 e. The SMILES string of the molecule is COCC(=O)Nc1ccc2[nH]nc(-c3cc4ccccc4[nH]3)c2c1. The fraction of sp³-hybridized carbons (Fsp3) is 0.111. The van der Waals surface area contributed by atoms with E-state index >= 15 is 0 Å². The third-order valence-electron chi connectivity index (χ3n) is 3.91. The Bertz CT molecular complexity index is 999. The van der Waals surface area contributed by atoms with E-state index in [1.807, 2.05) is 36.4 Å². The lowest BCUT2D eigenvalue weighted by Gasteiger charge is -2.04. The summed E-state index contributed by atoms with van der Waals surface area (Å²) in [5, 5.41) is 12.3. The number of ether oxygens (including phenoxy) is 1. The van der Waals surface area contributed by atoms with Gasteiger partial charge >= 0.3 is 0 Å². The minimum atomic E-state index is -0.187. The molecule has 2 aromatic heterocycles. The van der Waals surface area contributed by atoms with Crippen LogP contribution < -0.4 is 5.32 Å². The van der Waals surface area contributed by atoms with Crippen LogP contribution >= 0.6 is 0 Å². The Morgan fingerprint density at radius 1 is 1.17 bits per heavy atom. The zero-order valence-electron chi connectivity index (χ0n) is 13.1. The number of aromatic nitrogens is 3. The summed E-state index contributed by atoms with van der Waals surface area (Å²) in [5.41, 5.74) is 4.44. The van der Waals surface area contributed by atoms with Crippen LogP contribution in [0.1, 0.15) is 0 Å². The highest BCUT2D eigenvalue weighted by Crippen LogP contribution is 2.30. The van der Waals surface area contributed by atoms with Crippen molar-refractivity contribution < 1.29 is 9.53 Å². The summed E-state index contributed by atoms with van der Waals surface area (Å²) < 4.78 is 4.84. The van der Waals surface area contributed by atoms with Crippen LogP contribution in [0.5, 0.6) is 0 Å². The molecule has 0 radical (unpaired) electrons. The fourth-order valence-electron chi connectivity index (χ4n) is 2.83. The predicted molar refractivity (Wildman–Crippen MR) is 93.9 cm³/mol. The standard InChI is InChI=1S/C18H16N4O2/c1-24-10-17(23)19-12-6-7-15-13(9-12)18(22-21-15)16-8-11-4-2-3-5-14(11)20-16/h2-9,20H,10H2,1H3,(H,19,23)(H,21,22). The number of nitrogens with one attached hydrogen (secondary N) is 3. The van der Waals surface area contributed by atoms with Crippen molar-refractivity contribution in [3.63, 3.8) is 0 Å². The molecule has 0 bridgehead atoms. The van der Waals surface area contributed by atoms with E-state index in [0.717, 1.165) is 33.2 Å². The van der Waals surface area contributed by atoms with Gasteiger partial charge in [0, 0.05) is 29.1 Å². The van der Waals surface area contributed by atoms with Gasteiger partial charge in [0.05, 0.1) is 11.2 Å². The number of para-hydroxylation sites is 1. The lowest BCUT2D eigenvalue weighted by atomic mass is 10.1. The zero-order chi connectivity index (χ0) is 16.5. The van der Waals surface area contributed by atoms with E-state index in [4.69, 9.17) is 4.74 Å². The Balaban J connectivity index is 1.76. The second-order valence-electron chi connectivity index (χ2n) is 5.58. The molecule has 4 aromatic rings. The van der Waals surface area contributed by atoms with Crippen molar-refractivity contribution in [3.05, 3.63) is 48.5 Å². The molecule has 1 amide bonds. The molecule has 6 nitrogen and oxygen atoms in total. The molecule has 0 saturated heterocycles. The average Bonchev–Trinajstić information content (AvgIpc) is 3.18. The molecule has 2 heterocycles. The number of rotatable bonds is 4. The number of carbonyl (C=O) groups is 1. The van der Waals surface area contributed by atoms with Crippen molar-refractivity contribution in [3.8, 4) is 11.4 Å². The van der Waals surface area contributed by atoms with E-state index in [9.17, 15) is 4.79 Å². The Labute approximate surface area is 137 Å². The third-order valence-corrected chi connectivity index (χ3v) is 3.91. The summed E-state index contributed by atoms with van der Waals surface area (Å²) in [5.74, 6) is -0.187. The van der Waals surface area contributed by atoms with Gasteiger partial charge in [-0.2, -0.15) is 5.10 Å². The molecular weight excluding hydrogens is 304 g/mol. The van der Waals surface area contributed by atoms with E-state index in [1.54, 1.807) is 0 Å². The number of benzene rings is 2. The molecule has 0 aliphatic rings. The van der Waals surface area contributed by atoms with Gasteiger partial charge in [-0.1, -0.05) is 18.2 Å². The first kappa shape index (κ1) is 14.5. The van der Waals surface area contributed by atoms with Crippen molar-refractivity contribution in [2.24, 2.45) is 0 Å². The summed E-state index contributed by atoms with van der Waals surface area (Å²) in [6, 6.07) is 15.8. The Morgan fingerprint density at radius 2 is 2.04 bits per heavy atom. The van der Waals surface area contributed by atoms with Gasteiger partial charge in [0.15, 0.2) is 0 Å². The topological polar surface area (TPSA) is 82.8 Å². The molecule has 0 spiro atoms. The molecular formula is C18H16N4O2. The average molecular weight is 320 g/mol. The van der Waals surface area contributed by atoms with E-state index in [-0.39, 0.29) is 12.5 Å². The number of fused-ring (bicyclic) bond motifs is 2. The number of hydrogen-bond acceptors (Lipinski definition) is 3. The maximum Gasteiger partial charge on any atom is 0.250 e. The minimum absolute atomic E-state index is 0.0261. The lowest BCUT2D eigenvalue weighted by molar-refractivity contribution is -0.119. The predicted octanol–water partition coefficient (Wildman–Crippen LogP) is 3.30. The number of methoxy groups -OCH3 is 1. The highest BCUT2D eigenvalue weighted by atomic mass is 16.5. The number of carbonyl (C=O) groups excluding carboxylic acids is 1. The van der Waals surface area contributed by atoms with Gasteiger partial charge in [0.25, 0.3) is 0 Å². The van der Waals surface area contributed by atoms with E-state index in [2.05, 4.69) is 32.6 Å². The van der Waals surface area contributed by atoms with Gasteiger partial charge in [-0.15, -0.1) is 0 Å². The Morgan fingerprint density at radius 3 is 2.88 bits per heavy atom. The number of nitrogens with zero attached hydrogens (tertiary/aromatic N) is 1. The van der Waals surface area contributed by atoms with Gasteiger partial charge in [-0.3, -0.25) is 9.89 Å². The molecule has 0 atom stereocenters. The van der Waals surface area contributed by atoms with Crippen LogP contribution in [0.25, 0.3) is 33.2 Å². The van der Waals surface area contributed by atoms with Crippen LogP contribution in [-0.4, -0.2) is 34.8 Å². The maximum absolute atomic E-state index is 11.7. The second-order valence-corrected chi connectivity index (χ2v) is 5.58. The van der Waals surface area contributed by atoms with Gasteiger partial charge in [-0.05, 0) is 30.3 Å². The summed E-state index contributed by atoms with van der Waals surface area (Å²) >= 11 is 0. The van der Waals surface area contributed by atoms with Gasteiger partial charge in [0.1, 0.15) is 12.3 Å². The van der Waals surface area contributed by atoms with E-state index < -0.39 is 0 Å². The molecule has 0 unspecified atom stereocenters. The lowest BCUT2D eigenvalue weighted by Crippen LogP contribution is -2.16.